The van der Waals surface area contributed by atoms with Gasteiger partial charge >= 0.3 is 18.0 Å². The number of nitrogens with zero attached hydrogens (tertiary/aromatic N) is 2. The van der Waals surface area contributed by atoms with E-state index in [2.05, 4.69) is 0 Å². The number of rotatable bonds is 3. The summed E-state index contributed by atoms with van der Waals surface area (Å²) in [6, 6.07) is -11.6. The minimum Gasteiger partial charge on any atom is -0.293 e. The maximum Gasteiger partial charge on any atom is 0.414 e. The van der Waals surface area contributed by atoms with Crippen LogP contribution in [0, 0.1) is 0 Å². The molecule has 0 aliphatic carbocycles. The van der Waals surface area contributed by atoms with Gasteiger partial charge in [-0.3, -0.25) is 4.79 Å². The molecule has 1 rings (SSSR count). The Hall–Kier alpha value is -0.900. The fourth-order valence-electron chi connectivity index (χ4n) is 1.29. The van der Waals surface area contributed by atoms with Gasteiger partial charge in [-0.2, -0.15) is 22.0 Å². The molecule has 0 saturated carbocycles. The standard InChI is InChI=1S/C7H7F7N2O/c1-2-3-4(17)5(8)15(13)6(9,10)7(11,12)16(5)14/h2-3H2,1H3. The van der Waals surface area contributed by atoms with Crippen LogP contribution >= 0.6 is 0 Å². The summed E-state index contributed by atoms with van der Waals surface area (Å²) in [6.45, 7) is 1.28. The Morgan fingerprint density at radius 3 is 1.65 bits per heavy atom. The van der Waals surface area contributed by atoms with E-state index in [-0.39, 0.29) is 6.42 Å². The molecule has 1 saturated heterocycles. The summed E-state index contributed by atoms with van der Waals surface area (Å²) in [5, 5.41) is -4.78. The Bertz CT molecular complexity index is 314. The predicted molar refractivity (Wildman–Crippen MR) is 39.5 cm³/mol. The SMILES string of the molecule is CCCC(=O)C1(F)N(F)C(F)(F)C(F)(F)N1F. The Kier molecular flexibility index (Phi) is 3.17. The van der Waals surface area contributed by atoms with Crippen LogP contribution < -0.4 is 0 Å². The third-order valence-corrected chi connectivity index (χ3v) is 2.21. The number of hydrogen-bond acceptors (Lipinski definition) is 3. The number of Topliss-reactive ketones (excluding diaryl/α,β-unsaturated/α-hetero) is 1. The minimum atomic E-state index is -5.78. The molecule has 0 amide bonds. The third-order valence-electron chi connectivity index (χ3n) is 2.21. The van der Waals surface area contributed by atoms with Crippen LogP contribution in [-0.4, -0.2) is 34.0 Å². The second-order valence-electron chi connectivity index (χ2n) is 3.40. The molecule has 17 heavy (non-hydrogen) atoms. The van der Waals surface area contributed by atoms with Crippen molar-refractivity contribution in [2.75, 3.05) is 0 Å². The monoisotopic (exact) mass is 268 g/mol. The van der Waals surface area contributed by atoms with Gasteiger partial charge in [0.05, 0.1) is 0 Å². The van der Waals surface area contributed by atoms with E-state index in [1.807, 2.05) is 0 Å². The van der Waals surface area contributed by atoms with E-state index in [1.165, 1.54) is 6.92 Å². The van der Waals surface area contributed by atoms with E-state index in [9.17, 15) is 35.7 Å². The molecular formula is C7H7F7N2O. The van der Waals surface area contributed by atoms with Gasteiger partial charge in [-0.1, -0.05) is 6.92 Å². The third kappa shape index (κ3) is 1.53. The van der Waals surface area contributed by atoms with Gasteiger partial charge in [-0.15, -0.1) is 8.96 Å². The summed E-state index contributed by atoms with van der Waals surface area (Å²) in [7, 11) is 0. The van der Waals surface area contributed by atoms with E-state index in [0.717, 1.165) is 0 Å². The molecule has 1 fully saturated rings. The normalized spacial score (nSPS) is 27.3. The van der Waals surface area contributed by atoms with Crippen LogP contribution in [0.2, 0.25) is 0 Å². The Morgan fingerprint density at radius 1 is 1.00 bits per heavy atom. The van der Waals surface area contributed by atoms with Gasteiger partial charge in [0, 0.05) is 6.42 Å². The topological polar surface area (TPSA) is 23.6 Å². The van der Waals surface area contributed by atoms with E-state index in [4.69, 9.17) is 0 Å². The van der Waals surface area contributed by atoms with Crippen LogP contribution in [0.5, 0.6) is 0 Å². The molecule has 0 bridgehead atoms. The number of carbonyl (C=O) groups is 1. The first kappa shape index (κ1) is 14.2. The predicted octanol–water partition coefficient (Wildman–Crippen LogP) is 2.55. The van der Waals surface area contributed by atoms with Crippen molar-refractivity contribution in [1.82, 2.24) is 10.2 Å². The fraction of sp³-hybridized carbons (Fsp3) is 0.857. The van der Waals surface area contributed by atoms with E-state index in [1.54, 1.807) is 0 Å². The van der Waals surface area contributed by atoms with Crippen molar-refractivity contribution in [1.29, 1.82) is 0 Å². The molecule has 0 N–H and O–H groups in total. The number of ketones is 1. The first-order chi connectivity index (χ1) is 7.54. The van der Waals surface area contributed by atoms with Crippen molar-refractivity contribution in [2.45, 2.75) is 37.8 Å². The molecule has 0 aromatic heterocycles. The van der Waals surface area contributed by atoms with Gasteiger partial charge in [-0.25, -0.2) is 0 Å². The molecule has 1 aliphatic rings. The molecule has 0 atom stereocenters. The van der Waals surface area contributed by atoms with Gasteiger partial charge in [0.15, 0.2) is 0 Å². The lowest BCUT2D eigenvalue weighted by Gasteiger charge is -2.23. The molecule has 0 aromatic carbocycles. The fourth-order valence-corrected chi connectivity index (χ4v) is 1.29. The quantitative estimate of drug-likeness (QED) is 0.446. The second-order valence-corrected chi connectivity index (χ2v) is 3.40. The van der Waals surface area contributed by atoms with Crippen LogP contribution in [0.3, 0.4) is 0 Å². The zero-order valence-corrected chi connectivity index (χ0v) is 8.36. The van der Waals surface area contributed by atoms with Crippen molar-refractivity contribution in [3.63, 3.8) is 0 Å². The number of halogens is 7. The molecule has 0 aromatic rings. The Labute approximate surface area is 90.6 Å². The van der Waals surface area contributed by atoms with Crippen LogP contribution in [0.25, 0.3) is 0 Å². The van der Waals surface area contributed by atoms with Gasteiger partial charge in [0.25, 0.3) is 0 Å². The zero-order chi connectivity index (χ0) is 13.6. The Morgan fingerprint density at radius 2 is 1.35 bits per heavy atom. The highest BCUT2D eigenvalue weighted by Gasteiger charge is 2.84. The van der Waals surface area contributed by atoms with E-state index < -0.39 is 40.5 Å². The molecule has 1 heterocycles. The van der Waals surface area contributed by atoms with Crippen LogP contribution in [0.1, 0.15) is 19.8 Å². The van der Waals surface area contributed by atoms with Crippen molar-refractivity contribution in [3.05, 3.63) is 0 Å². The number of alkyl halides is 5. The Balaban J connectivity index is 3.24. The average Bonchev–Trinajstić information content (AvgIpc) is 2.32. The van der Waals surface area contributed by atoms with Crippen LogP contribution in [0.15, 0.2) is 0 Å². The maximum absolute atomic E-state index is 13.5. The van der Waals surface area contributed by atoms with E-state index >= 15 is 0 Å². The van der Waals surface area contributed by atoms with Crippen LogP contribution in [-0.2, 0) is 4.79 Å². The van der Waals surface area contributed by atoms with Gasteiger partial charge < -0.3 is 0 Å². The average molecular weight is 268 g/mol. The lowest BCUT2D eigenvalue weighted by Crippen LogP contribution is -2.52. The smallest absolute Gasteiger partial charge is 0.293 e. The molecule has 10 heteroatoms. The molecule has 0 unspecified atom stereocenters. The minimum absolute atomic E-state index is 0.149. The van der Waals surface area contributed by atoms with Gasteiger partial charge in [-0.05, 0) is 16.7 Å². The largest absolute Gasteiger partial charge is 0.414 e. The number of carbonyl (C=O) groups excluding carboxylic acids is 1. The summed E-state index contributed by atoms with van der Waals surface area (Å²) in [6.07, 6.45) is -1.02. The summed E-state index contributed by atoms with van der Waals surface area (Å²) < 4.78 is 89.4. The lowest BCUT2D eigenvalue weighted by molar-refractivity contribution is -0.332. The van der Waals surface area contributed by atoms with Crippen molar-refractivity contribution >= 4 is 5.78 Å². The second kappa shape index (κ2) is 3.80. The zero-order valence-electron chi connectivity index (χ0n) is 8.36. The molecule has 0 radical (unpaired) electrons. The maximum atomic E-state index is 13.5. The highest BCUT2D eigenvalue weighted by Crippen LogP contribution is 2.54. The van der Waals surface area contributed by atoms with Crippen LogP contribution in [0.4, 0.5) is 30.9 Å². The summed E-state index contributed by atoms with van der Waals surface area (Å²) in [5.41, 5.74) is 0. The molecule has 0 spiro atoms. The first-order valence-corrected chi connectivity index (χ1v) is 4.44. The van der Waals surface area contributed by atoms with Crippen molar-refractivity contribution in [3.8, 4) is 0 Å². The summed E-state index contributed by atoms with van der Waals surface area (Å²) in [4.78, 5) is 11.0. The summed E-state index contributed by atoms with van der Waals surface area (Å²) in [5.74, 6) is -6.87. The molecule has 3 nitrogen and oxygen atoms in total. The van der Waals surface area contributed by atoms with Crippen molar-refractivity contribution in [2.24, 2.45) is 0 Å². The van der Waals surface area contributed by atoms with Crippen molar-refractivity contribution < 1.29 is 35.7 Å². The van der Waals surface area contributed by atoms with Gasteiger partial charge in [0.2, 0.25) is 5.78 Å². The molecule has 100 valence electrons. The highest BCUT2D eigenvalue weighted by atomic mass is 19.3. The molecule has 1 aliphatic heterocycles. The summed E-state index contributed by atoms with van der Waals surface area (Å²) >= 11 is 0. The lowest BCUT2D eigenvalue weighted by atomic mass is 10.2. The highest BCUT2D eigenvalue weighted by molar-refractivity contribution is 5.86. The number of hydrogen-bond donors (Lipinski definition) is 0. The van der Waals surface area contributed by atoms with Gasteiger partial charge in [0.1, 0.15) is 0 Å². The first-order valence-electron chi connectivity index (χ1n) is 4.44. The van der Waals surface area contributed by atoms with E-state index in [0.29, 0.717) is 0 Å². The molecular weight excluding hydrogens is 261 g/mol.